The summed E-state index contributed by atoms with van der Waals surface area (Å²) in [4.78, 5) is 4.79. The van der Waals surface area contributed by atoms with E-state index in [1.54, 1.807) is 18.3 Å². The molecule has 0 amide bonds. The average molecular weight is 205 g/mol. The van der Waals surface area contributed by atoms with Crippen LogP contribution in [-0.4, -0.2) is 13.7 Å². The Morgan fingerprint density at radius 2 is 2.31 bits per heavy atom. The molecule has 0 saturated carbocycles. The third-order valence-electron chi connectivity index (χ3n) is 1.44. The number of hydrogen-bond acceptors (Lipinski definition) is 4. The van der Waals surface area contributed by atoms with Crippen molar-refractivity contribution in [3.05, 3.63) is 24.4 Å². The van der Waals surface area contributed by atoms with Gasteiger partial charge in [-0.25, -0.2) is 4.98 Å². The predicted octanol–water partition coefficient (Wildman–Crippen LogP) is -1.46. The summed E-state index contributed by atoms with van der Waals surface area (Å²) >= 11 is -0.951. The number of hydrogen-bond donors (Lipinski definition) is 0. The standard InChI is InChI=1S/C7H5NO2S2.Li/c9-12(10)6-4-5-2-1-3-8-7(5)11-6;/h1-4H,(H,9,10);/q;+1/p-1. The molecule has 0 radical (unpaired) electrons. The largest absolute Gasteiger partial charge is 1.00 e. The van der Waals surface area contributed by atoms with Crippen LogP contribution >= 0.6 is 11.3 Å². The fraction of sp³-hybridized carbons (Fsp3) is 0. The molecule has 1 atom stereocenters. The Bertz CT molecular complexity index is 410. The third-order valence-corrected chi connectivity index (χ3v) is 3.39. The van der Waals surface area contributed by atoms with Crippen molar-refractivity contribution in [3.8, 4) is 0 Å². The summed E-state index contributed by atoms with van der Waals surface area (Å²) in [5, 5.41) is 0.877. The van der Waals surface area contributed by atoms with Gasteiger partial charge in [-0.2, -0.15) is 0 Å². The second-order valence-corrected chi connectivity index (χ2v) is 4.40. The molecular weight excluding hydrogens is 201 g/mol. The molecule has 0 aliphatic rings. The molecule has 0 spiro atoms. The summed E-state index contributed by atoms with van der Waals surface area (Å²) in [6.07, 6.45) is 1.65. The van der Waals surface area contributed by atoms with Crippen LogP contribution in [-0.2, 0) is 11.1 Å². The first-order chi connectivity index (χ1) is 5.77. The molecule has 6 heteroatoms. The molecule has 0 aliphatic heterocycles. The first-order valence-electron chi connectivity index (χ1n) is 3.21. The second-order valence-electron chi connectivity index (χ2n) is 2.20. The Morgan fingerprint density at radius 3 is 2.92 bits per heavy atom. The molecule has 2 rings (SSSR count). The van der Waals surface area contributed by atoms with E-state index in [-0.39, 0.29) is 18.9 Å². The summed E-state index contributed by atoms with van der Waals surface area (Å²) in [5.74, 6) is 0. The van der Waals surface area contributed by atoms with Gasteiger partial charge in [0.1, 0.15) is 4.83 Å². The second kappa shape index (κ2) is 4.36. The van der Waals surface area contributed by atoms with Crippen LogP contribution in [0.15, 0.2) is 28.6 Å². The fourth-order valence-electron chi connectivity index (χ4n) is 0.932. The molecule has 0 fully saturated rings. The molecule has 0 aliphatic carbocycles. The molecule has 2 aromatic heterocycles. The van der Waals surface area contributed by atoms with E-state index in [0.717, 1.165) is 10.2 Å². The van der Waals surface area contributed by atoms with Crippen molar-refractivity contribution in [2.24, 2.45) is 0 Å². The fourth-order valence-corrected chi connectivity index (χ4v) is 2.40. The Morgan fingerprint density at radius 1 is 1.54 bits per heavy atom. The van der Waals surface area contributed by atoms with Crippen molar-refractivity contribution >= 4 is 32.6 Å². The van der Waals surface area contributed by atoms with Crippen LogP contribution in [0.5, 0.6) is 0 Å². The zero-order valence-electron chi connectivity index (χ0n) is 6.89. The Hall–Kier alpha value is -0.183. The first kappa shape index (κ1) is 10.9. The molecule has 3 nitrogen and oxygen atoms in total. The van der Waals surface area contributed by atoms with E-state index in [1.165, 1.54) is 11.3 Å². The van der Waals surface area contributed by atoms with Crippen LogP contribution in [0.2, 0.25) is 0 Å². The number of fused-ring (bicyclic) bond motifs is 1. The maximum atomic E-state index is 10.6. The monoisotopic (exact) mass is 205 g/mol. The van der Waals surface area contributed by atoms with E-state index in [9.17, 15) is 8.76 Å². The molecule has 0 bridgehead atoms. The van der Waals surface area contributed by atoms with Crippen LogP contribution in [0.3, 0.4) is 0 Å². The first-order valence-corrected chi connectivity index (χ1v) is 5.10. The van der Waals surface area contributed by atoms with Crippen molar-refractivity contribution < 1.29 is 27.6 Å². The smallest absolute Gasteiger partial charge is 0.768 e. The SMILES string of the molecule is O=S([O-])c1cc2cccnc2s1.[Li+]. The van der Waals surface area contributed by atoms with Gasteiger partial charge in [-0.3, -0.25) is 4.21 Å². The van der Waals surface area contributed by atoms with Crippen LogP contribution in [0.4, 0.5) is 0 Å². The molecular formula is C7H4LiNO2S2. The summed E-state index contributed by atoms with van der Waals surface area (Å²) in [5.41, 5.74) is 0. The van der Waals surface area contributed by atoms with Crippen molar-refractivity contribution in [1.29, 1.82) is 0 Å². The molecule has 0 N–H and O–H groups in total. The number of aromatic nitrogens is 1. The average Bonchev–Trinajstić information content (AvgIpc) is 2.46. The molecule has 0 aromatic carbocycles. The van der Waals surface area contributed by atoms with E-state index in [1.807, 2.05) is 6.07 Å². The summed E-state index contributed by atoms with van der Waals surface area (Å²) in [7, 11) is 0. The minimum Gasteiger partial charge on any atom is -0.768 e. The number of nitrogens with zero attached hydrogens (tertiary/aromatic N) is 1. The van der Waals surface area contributed by atoms with E-state index in [0.29, 0.717) is 4.21 Å². The van der Waals surface area contributed by atoms with Gasteiger partial charge in [0, 0.05) is 11.6 Å². The van der Waals surface area contributed by atoms with Gasteiger partial charge in [-0.1, -0.05) is 6.07 Å². The van der Waals surface area contributed by atoms with Gasteiger partial charge >= 0.3 is 18.9 Å². The molecule has 62 valence electrons. The van der Waals surface area contributed by atoms with Gasteiger partial charge in [0.25, 0.3) is 0 Å². The van der Waals surface area contributed by atoms with E-state index >= 15 is 0 Å². The molecule has 0 saturated heterocycles. The zero-order chi connectivity index (χ0) is 8.55. The maximum Gasteiger partial charge on any atom is 1.00 e. The summed E-state index contributed by atoms with van der Waals surface area (Å²) in [6.45, 7) is 0. The maximum absolute atomic E-state index is 10.6. The molecule has 1 unspecified atom stereocenters. The Labute approximate surface area is 93.6 Å². The Kier molecular flexibility index (Phi) is 3.65. The quantitative estimate of drug-likeness (QED) is 0.422. The number of pyridine rings is 1. The van der Waals surface area contributed by atoms with E-state index in [2.05, 4.69) is 4.98 Å². The van der Waals surface area contributed by atoms with Crippen LogP contribution in [0.1, 0.15) is 0 Å². The van der Waals surface area contributed by atoms with Crippen molar-refractivity contribution in [2.45, 2.75) is 4.21 Å². The van der Waals surface area contributed by atoms with Crippen molar-refractivity contribution in [2.75, 3.05) is 0 Å². The Balaban J connectivity index is 0.000000845. The zero-order valence-corrected chi connectivity index (χ0v) is 8.52. The molecule has 2 aromatic rings. The van der Waals surface area contributed by atoms with Crippen molar-refractivity contribution in [1.82, 2.24) is 4.98 Å². The van der Waals surface area contributed by atoms with Gasteiger partial charge in [0.2, 0.25) is 0 Å². The predicted molar refractivity (Wildman–Crippen MR) is 46.8 cm³/mol. The van der Waals surface area contributed by atoms with Gasteiger partial charge in [0.15, 0.2) is 0 Å². The van der Waals surface area contributed by atoms with Gasteiger partial charge in [0.05, 0.1) is 4.21 Å². The molecule has 13 heavy (non-hydrogen) atoms. The van der Waals surface area contributed by atoms with E-state index < -0.39 is 11.1 Å². The van der Waals surface area contributed by atoms with Gasteiger partial charge in [-0.15, -0.1) is 11.3 Å². The van der Waals surface area contributed by atoms with Gasteiger partial charge in [-0.05, 0) is 23.2 Å². The van der Waals surface area contributed by atoms with Crippen LogP contribution in [0, 0.1) is 0 Å². The summed E-state index contributed by atoms with van der Waals surface area (Å²) in [6, 6.07) is 5.25. The van der Waals surface area contributed by atoms with Crippen molar-refractivity contribution in [3.63, 3.8) is 0 Å². The third kappa shape index (κ3) is 2.19. The number of thiophene rings is 1. The van der Waals surface area contributed by atoms with Crippen LogP contribution in [0.25, 0.3) is 10.2 Å². The summed E-state index contributed by atoms with van der Waals surface area (Å²) < 4.78 is 21.4. The van der Waals surface area contributed by atoms with Crippen LogP contribution < -0.4 is 18.9 Å². The topological polar surface area (TPSA) is 53.0 Å². The normalized spacial score (nSPS) is 12.4. The van der Waals surface area contributed by atoms with Gasteiger partial charge < -0.3 is 4.55 Å². The van der Waals surface area contributed by atoms with E-state index in [4.69, 9.17) is 0 Å². The molecule has 2 heterocycles. The minimum absolute atomic E-state index is 0. The number of rotatable bonds is 1. The minimum atomic E-state index is -2.13.